The summed E-state index contributed by atoms with van der Waals surface area (Å²) in [5.74, 6) is 0.154. The molecule has 1 saturated carbocycles. The summed E-state index contributed by atoms with van der Waals surface area (Å²) >= 11 is 1.37. The van der Waals surface area contributed by atoms with Gasteiger partial charge in [-0.15, -0.1) is 10.2 Å². The molecule has 1 aliphatic carbocycles. The maximum atomic E-state index is 12.0. The predicted octanol–water partition coefficient (Wildman–Crippen LogP) is 1.78. The van der Waals surface area contributed by atoms with Gasteiger partial charge in [-0.1, -0.05) is 11.3 Å². The summed E-state index contributed by atoms with van der Waals surface area (Å²) < 4.78 is 1.33. The molecule has 22 heavy (non-hydrogen) atoms. The van der Waals surface area contributed by atoms with E-state index in [1.54, 1.807) is 13.8 Å². The number of amides is 1. The van der Waals surface area contributed by atoms with E-state index < -0.39 is 4.92 Å². The Morgan fingerprint density at radius 3 is 2.77 bits per heavy atom. The number of hydrogen-bond acceptors (Lipinski definition) is 7. The van der Waals surface area contributed by atoms with Crippen LogP contribution in [0.1, 0.15) is 35.2 Å². The lowest BCUT2D eigenvalue weighted by atomic mass is 10.3. The average molecular weight is 322 g/mol. The van der Waals surface area contributed by atoms with E-state index in [1.165, 1.54) is 16.0 Å². The van der Waals surface area contributed by atoms with Gasteiger partial charge in [-0.2, -0.15) is 5.10 Å². The molecule has 1 N–H and O–H groups in total. The first kappa shape index (κ1) is 14.6. The Balaban J connectivity index is 1.68. The Morgan fingerprint density at radius 1 is 1.45 bits per heavy atom. The van der Waals surface area contributed by atoms with E-state index in [9.17, 15) is 14.9 Å². The van der Waals surface area contributed by atoms with Crippen LogP contribution in [0.4, 0.5) is 10.8 Å². The van der Waals surface area contributed by atoms with E-state index >= 15 is 0 Å². The third-order valence-electron chi connectivity index (χ3n) is 3.43. The molecule has 0 aliphatic heterocycles. The van der Waals surface area contributed by atoms with Crippen LogP contribution in [0.25, 0.3) is 0 Å². The highest BCUT2D eigenvalue weighted by atomic mass is 32.1. The van der Waals surface area contributed by atoms with Gasteiger partial charge in [-0.05, 0) is 26.7 Å². The van der Waals surface area contributed by atoms with Gasteiger partial charge < -0.3 is 0 Å². The summed E-state index contributed by atoms with van der Waals surface area (Å²) in [4.78, 5) is 22.5. The summed E-state index contributed by atoms with van der Waals surface area (Å²) in [5, 5.41) is 27.0. The minimum Gasteiger partial charge on any atom is -0.299 e. The van der Waals surface area contributed by atoms with Crippen molar-refractivity contribution < 1.29 is 9.72 Å². The molecule has 0 bridgehead atoms. The van der Waals surface area contributed by atoms with Crippen molar-refractivity contribution in [1.82, 2.24) is 20.0 Å². The van der Waals surface area contributed by atoms with Crippen LogP contribution in [0, 0.1) is 24.0 Å². The van der Waals surface area contributed by atoms with E-state index in [0.29, 0.717) is 22.4 Å². The first-order valence-corrected chi connectivity index (χ1v) is 7.59. The second-order valence-corrected chi connectivity index (χ2v) is 6.21. The molecule has 1 amide bonds. The second kappa shape index (κ2) is 5.44. The van der Waals surface area contributed by atoms with E-state index in [-0.39, 0.29) is 18.1 Å². The van der Waals surface area contributed by atoms with Crippen molar-refractivity contribution in [3.05, 3.63) is 26.5 Å². The monoisotopic (exact) mass is 322 g/mol. The number of hydrogen-bond donors (Lipinski definition) is 1. The number of carbonyl (C=O) groups excluding carboxylic acids is 1. The Labute approximate surface area is 129 Å². The lowest BCUT2D eigenvalue weighted by Gasteiger charge is -2.03. The molecular weight excluding hydrogens is 308 g/mol. The van der Waals surface area contributed by atoms with Crippen LogP contribution in [0.2, 0.25) is 0 Å². The summed E-state index contributed by atoms with van der Waals surface area (Å²) in [5.41, 5.74) is 0.593. The minimum absolute atomic E-state index is 0.0558. The quantitative estimate of drug-likeness (QED) is 0.662. The maximum Gasteiger partial charge on any atom is 0.312 e. The molecule has 9 nitrogen and oxygen atoms in total. The lowest BCUT2D eigenvalue weighted by Crippen LogP contribution is -2.20. The fraction of sp³-hybridized carbons (Fsp3) is 0.500. The smallest absolute Gasteiger partial charge is 0.299 e. The molecule has 1 aliphatic rings. The van der Waals surface area contributed by atoms with Crippen molar-refractivity contribution in [2.24, 2.45) is 0 Å². The van der Waals surface area contributed by atoms with Crippen molar-refractivity contribution in [3.8, 4) is 0 Å². The normalized spacial score (nSPS) is 14.1. The predicted molar refractivity (Wildman–Crippen MR) is 78.9 cm³/mol. The number of aryl methyl sites for hydroxylation is 1. The summed E-state index contributed by atoms with van der Waals surface area (Å²) in [7, 11) is 0. The molecule has 0 unspecified atom stereocenters. The van der Waals surface area contributed by atoms with Crippen molar-refractivity contribution in [1.29, 1.82) is 0 Å². The van der Waals surface area contributed by atoms with Crippen LogP contribution in [0.15, 0.2) is 0 Å². The highest BCUT2D eigenvalue weighted by Crippen LogP contribution is 2.42. The van der Waals surface area contributed by atoms with Gasteiger partial charge in [-0.25, -0.2) is 0 Å². The standard InChI is InChI=1S/C12H14N6O3S/c1-6-10(18(20)21)7(2)17(16-6)5-9(19)13-12-15-14-11(22-12)8-3-4-8/h8H,3-5H2,1-2H3,(H,13,15,19). The number of aromatic nitrogens is 4. The zero-order valence-corrected chi connectivity index (χ0v) is 12.9. The molecule has 0 spiro atoms. The van der Waals surface area contributed by atoms with Crippen LogP contribution < -0.4 is 5.32 Å². The first-order valence-electron chi connectivity index (χ1n) is 6.77. The van der Waals surface area contributed by atoms with Crippen LogP contribution >= 0.6 is 11.3 Å². The topological polar surface area (TPSA) is 116 Å². The first-order chi connectivity index (χ1) is 10.5. The highest BCUT2D eigenvalue weighted by Gasteiger charge is 2.28. The Kier molecular flexibility index (Phi) is 3.61. The van der Waals surface area contributed by atoms with E-state index in [4.69, 9.17) is 0 Å². The number of anilines is 1. The summed E-state index contributed by atoms with van der Waals surface area (Å²) in [6, 6.07) is 0. The van der Waals surface area contributed by atoms with Crippen molar-refractivity contribution in [2.45, 2.75) is 39.2 Å². The van der Waals surface area contributed by atoms with Gasteiger partial charge in [0.2, 0.25) is 11.0 Å². The second-order valence-electron chi connectivity index (χ2n) is 5.20. The molecule has 3 rings (SSSR count). The molecule has 0 atom stereocenters. The van der Waals surface area contributed by atoms with Gasteiger partial charge in [0.15, 0.2) is 0 Å². The summed E-state index contributed by atoms with van der Waals surface area (Å²) in [6.07, 6.45) is 2.25. The largest absolute Gasteiger partial charge is 0.312 e. The van der Waals surface area contributed by atoms with Gasteiger partial charge in [0.25, 0.3) is 0 Å². The molecule has 0 radical (unpaired) electrons. The van der Waals surface area contributed by atoms with Crippen LogP contribution in [-0.2, 0) is 11.3 Å². The zero-order chi connectivity index (χ0) is 15.9. The number of nitrogens with one attached hydrogen (secondary N) is 1. The zero-order valence-electron chi connectivity index (χ0n) is 12.1. The van der Waals surface area contributed by atoms with Gasteiger partial charge >= 0.3 is 5.69 Å². The third-order valence-corrected chi connectivity index (χ3v) is 4.43. The van der Waals surface area contributed by atoms with E-state index in [0.717, 1.165) is 17.8 Å². The molecule has 2 aromatic heterocycles. The molecule has 1 fully saturated rings. The fourth-order valence-corrected chi connectivity index (χ4v) is 3.11. The Morgan fingerprint density at radius 2 is 2.18 bits per heavy atom. The van der Waals surface area contributed by atoms with Crippen molar-refractivity contribution >= 4 is 28.1 Å². The SMILES string of the molecule is Cc1nn(CC(=O)Nc2nnc(C3CC3)s2)c(C)c1[N+](=O)[O-]. The highest BCUT2D eigenvalue weighted by molar-refractivity contribution is 7.15. The number of nitro groups is 1. The maximum absolute atomic E-state index is 12.0. The van der Waals surface area contributed by atoms with E-state index in [2.05, 4.69) is 20.6 Å². The Hall–Kier alpha value is -2.36. The molecule has 0 saturated heterocycles. The van der Waals surface area contributed by atoms with Crippen LogP contribution in [0.5, 0.6) is 0 Å². The lowest BCUT2D eigenvalue weighted by molar-refractivity contribution is -0.386. The molecular formula is C12H14N6O3S. The number of rotatable bonds is 5. The minimum atomic E-state index is -0.487. The molecule has 2 aromatic rings. The molecule has 10 heteroatoms. The Bertz CT molecular complexity index is 748. The molecule has 2 heterocycles. The van der Waals surface area contributed by atoms with Crippen molar-refractivity contribution in [2.75, 3.05) is 5.32 Å². The van der Waals surface area contributed by atoms with Crippen LogP contribution in [-0.4, -0.2) is 30.8 Å². The van der Waals surface area contributed by atoms with Gasteiger partial charge in [-0.3, -0.25) is 24.9 Å². The molecule has 116 valence electrons. The van der Waals surface area contributed by atoms with Gasteiger partial charge in [0, 0.05) is 5.92 Å². The average Bonchev–Trinajstić information content (AvgIpc) is 3.11. The third kappa shape index (κ3) is 2.82. The number of carbonyl (C=O) groups is 1. The molecule has 0 aromatic carbocycles. The summed E-state index contributed by atoms with van der Waals surface area (Å²) in [6.45, 7) is 3.02. The van der Waals surface area contributed by atoms with Gasteiger partial charge in [0.1, 0.15) is 22.9 Å². The number of nitrogens with zero attached hydrogens (tertiary/aromatic N) is 5. The van der Waals surface area contributed by atoms with Crippen molar-refractivity contribution in [3.63, 3.8) is 0 Å². The fourth-order valence-electron chi connectivity index (χ4n) is 2.18. The van der Waals surface area contributed by atoms with E-state index in [1.807, 2.05) is 0 Å². The van der Waals surface area contributed by atoms with Gasteiger partial charge in [0.05, 0.1) is 4.92 Å². The van der Waals surface area contributed by atoms with Crippen LogP contribution in [0.3, 0.4) is 0 Å².